The summed E-state index contributed by atoms with van der Waals surface area (Å²) in [5.41, 5.74) is 8.98. The van der Waals surface area contributed by atoms with E-state index in [1.807, 2.05) is 44.2 Å². The lowest BCUT2D eigenvalue weighted by Crippen LogP contribution is -2.39. The molecule has 2 rings (SSSR count). The van der Waals surface area contributed by atoms with Crippen LogP contribution < -0.4 is 16.4 Å². The quantitative estimate of drug-likeness (QED) is 0.765. The van der Waals surface area contributed by atoms with Crippen LogP contribution in [0, 0.1) is 0 Å². The Labute approximate surface area is 114 Å². The van der Waals surface area contributed by atoms with Crippen molar-refractivity contribution in [2.75, 3.05) is 17.2 Å². The van der Waals surface area contributed by atoms with Crippen LogP contribution >= 0.6 is 0 Å². The Bertz CT molecular complexity index is 498. The van der Waals surface area contributed by atoms with Crippen molar-refractivity contribution in [3.8, 4) is 0 Å². The summed E-state index contributed by atoms with van der Waals surface area (Å²) in [4.78, 5) is 0. The van der Waals surface area contributed by atoms with Crippen LogP contribution in [-0.2, 0) is 0 Å². The minimum Gasteiger partial charge on any atom is -0.383 e. The topological polar surface area (TPSA) is 50.1 Å². The molecule has 19 heavy (non-hydrogen) atoms. The number of rotatable bonds is 5. The van der Waals surface area contributed by atoms with Gasteiger partial charge in [-0.15, -0.1) is 0 Å². The Morgan fingerprint density at radius 1 is 0.842 bits per heavy atom. The molecule has 3 nitrogen and oxygen atoms in total. The van der Waals surface area contributed by atoms with Crippen molar-refractivity contribution in [3.63, 3.8) is 0 Å². The van der Waals surface area contributed by atoms with Crippen LogP contribution in [0.3, 0.4) is 0 Å². The highest BCUT2D eigenvalue weighted by molar-refractivity contribution is 5.62. The van der Waals surface area contributed by atoms with Gasteiger partial charge in [-0.1, -0.05) is 18.2 Å². The van der Waals surface area contributed by atoms with Crippen molar-refractivity contribution in [2.24, 2.45) is 5.73 Å². The molecule has 0 bridgehead atoms. The van der Waals surface area contributed by atoms with Gasteiger partial charge in [0.1, 0.15) is 0 Å². The van der Waals surface area contributed by atoms with Gasteiger partial charge in [0.15, 0.2) is 0 Å². The van der Waals surface area contributed by atoms with E-state index in [0.717, 1.165) is 23.6 Å². The monoisotopic (exact) mass is 255 g/mol. The Morgan fingerprint density at radius 2 is 1.37 bits per heavy atom. The molecule has 0 saturated heterocycles. The van der Waals surface area contributed by atoms with E-state index in [1.54, 1.807) is 0 Å². The average Bonchev–Trinajstić information content (AvgIpc) is 2.38. The SMILES string of the molecule is CC(C)(N)CNc1ccc(Nc2ccccc2)cc1. The summed E-state index contributed by atoms with van der Waals surface area (Å²) in [5, 5.41) is 6.67. The van der Waals surface area contributed by atoms with Gasteiger partial charge in [-0.3, -0.25) is 0 Å². The summed E-state index contributed by atoms with van der Waals surface area (Å²) in [5.74, 6) is 0. The lowest BCUT2D eigenvalue weighted by atomic mass is 10.1. The largest absolute Gasteiger partial charge is 0.383 e. The zero-order chi connectivity index (χ0) is 13.7. The van der Waals surface area contributed by atoms with Gasteiger partial charge in [0.2, 0.25) is 0 Å². The molecule has 0 amide bonds. The molecule has 3 heteroatoms. The molecule has 0 aliphatic rings. The van der Waals surface area contributed by atoms with Crippen LogP contribution in [0.15, 0.2) is 54.6 Å². The zero-order valence-corrected chi connectivity index (χ0v) is 11.5. The minimum absolute atomic E-state index is 0.207. The van der Waals surface area contributed by atoms with Gasteiger partial charge in [0.25, 0.3) is 0 Å². The number of anilines is 3. The van der Waals surface area contributed by atoms with Crippen LogP contribution in [0.5, 0.6) is 0 Å². The first-order valence-corrected chi connectivity index (χ1v) is 6.48. The van der Waals surface area contributed by atoms with Crippen LogP contribution in [0.4, 0.5) is 17.1 Å². The standard InChI is InChI=1S/C16H21N3/c1-16(2,17)12-18-13-8-10-15(11-9-13)19-14-6-4-3-5-7-14/h3-11,18-19H,12,17H2,1-2H3. The summed E-state index contributed by atoms with van der Waals surface area (Å²) in [7, 11) is 0. The van der Waals surface area contributed by atoms with Crippen molar-refractivity contribution in [1.82, 2.24) is 0 Å². The lowest BCUT2D eigenvalue weighted by molar-refractivity contribution is 0.549. The molecule has 0 radical (unpaired) electrons. The summed E-state index contributed by atoms with van der Waals surface area (Å²) >= 11 is 0. The molecule has 0 aliphatic carbocycles. The molecule has 0 aromatic heterocycles. The number of benzene rings is 2. The lowest BCUT2D eigenvalue weighted by Gasteiger charge is -2.19. The van der Waals surface area contributed by atoms with E-state index in [-0.39, 0.29) is 5.54 Å². The first-order chi connectivity index (χ1) is 9.03. The Hall–Kier alpha value is -2.00. The highest BCUT2D eigenvalue weighted by Gasteiger charge is 2.09. The summed E-state index contributed by atoms with van der Waals surface area (Å²) in [6, 6.07) is 18.3. The fraction of sp³-hybridized carbons (Fsp3) is 0.250. The van der Waals surface area contributed by atoms with Crippen LogP contribution in [-0.4, -0.2) is 12.1 Å². The summed E-state index contributed by atoms with van der Waals surface area (Å²) in [6.45, 7) is 4.76. The van der Waals surface area contributed by atoms with E-state index >= 15 is 0 Å². The normalized spacial score (nSPS) is 11.1. The third kappa shape index (κ3) is 4.64. The van der Waals surface area contributed by atoms with Crippen LogP contribution in [0.1, 0.15) is 13.8 Å². The molecule has 100 valence electrons. The summed E-state index contributed by atoms with van der Waals surface area (Å²) < 4.78 is 0. The molecule has 0 unspecified atom stereocenters. The average molecular weight is 255 g/mol. The van der Waals surface area contributed by atoms with Gasteiger partial charge in [-0.2, -0.15) is 0 Å². The van der Waals surface area contributed by atoms with E-state index < -0.39 is 0 Å². The maximum Gasteiger partial charge on any atom is 0.0385 e. The first-order valence-electron chi connectivity index (χ1n) is 6.48. The smallest absolute Gasteiger partial charge is 0.0385 e. The van der Waals surface area contributed by atoms with Gasteiger partial charge < -0.3 is 16.4 Å². The second-order valence-corrected chi connectivity index (χ2v) is 5.41. The van der Waals surface area contributed by atoms with Gasteiger partial charge in [-0.25, -0.2) is 0 Å². The summed E-state index contributed by atoms with van der Waals surface area (Å²) in [6.07, 6.45) is 0. The van der Waals surface area contributed by atoms with E-state index in [9.17, 15) is 0 Å². The van der Waals surface area contributed by atoms with Crippen LogP contribution in [0.25, 0.3) is 0 Å². The fourth-order valence-corrected chi connectivity index (χ4v) is 1.69. The molecule has 0 aliphatic heterocycles. The maximum atomic E-state index is 5.94. The molecule has 4 N–H and O–H groups in total. The molecular weight excluding hydrogens is 234 g/mol. The maximum absolute atomic E-state index is 5.94. The highest BCUT2D eigenvalue weighted by atomic mass is 14.9. The second kappa shape index (κ2) is 5.76. The molecule has 0 saturated carbocycles. The van der Waals surface area contributed by atoms with E-state index in [2.05, 4.69) is 34.9 Å². The van der Waals surface area contributed by atoms with Gasteiger partial charge in [-0.05, 0) is 50.2 Å². The molecule has 0 heterocycles. The first kappa shape index (κ1) is 13.4. The molecule has 0 fully saturated rings. The van der Waals surface area contributed by atoms with Gasteiger partial charge in [0.05, 0.1) is 0 Å². The third-order valence-electron chi connectivity index (χ3n) is 2.70. The highest BCUT2D eigenvalue weighted by Crippen LogP contribution is 2.18. The van der Waals surface area contributed by atoms with E-state index in [0.29, 0.717) is 0 Å². The number of hydrogen-bond acceptors (Lipinski definition) is 3. The van der Waals surface area contributed by atoms with Crippen molar-refractivity contribution in [1.29, 1.82) is 0 Å². The molecule has 2 aromatic rings. The number of hydrogen-bond donors (Lipinski definition) is 3. The Morgan fingerprint density at radius 3 is 1.95 bits per heavy atom. The molecule has 0 spiro atoms. The fourth-order valence-electron chi connectivity index (χ4n) is 1.69. The van der Waals surface area contributed by atoms with Crippen molar-refractivity contribution >= 4 is 17.1 Å². The van der Waals surface area contributed by atoms with Gasteiger partial charge >= 0.3 is 0 Å². The number of para-hydroxylation sites is 1. The van der Waals surface area contributed by atoms with Crippen molar-refractivity contribution in [3.05, 3.63) is 54.6 Å². The predicted octanol–water partition coefficient (Wildman–Crippen LogP) is 3.58. The minimum atomic E-state index is -0.207. The second-order valence-electron chi connectivity index (χ2n) is 5.41. The molecular formula is C16H21N3. The van der Waals surface area contributed by atoms with Crippen molar-refractivity contribution in [2.45, 2.75) is 19.4 Å². The van der Waals surface area contributed by atoms with E-state index in [1.165, 1.54) is 0 Å². The number of nitrogens with one attached hydrogen (secondary N) is 2. The third-order valence-corrected chi connectivity index (χ3v) is 2.70. The number of nitrogens with two attached hydrogens (primary N) is 1. The van der Waals surface area contributed by atoms with Gasteiger partial charge in [0, 0.05) is 29.1 Å². The predicted molar refractivity (Wildman–Crippen MR) is 82.9 cm³/mol. The Balaban J connectivity index is 1.95. The molecule has 2 aromatic carbocycles. The molecule has 0 atom stereocenters. The zero-order valence-electron chi connectivity index (χ0n) is 11.5. The van der Waals surface area contributed by atoms with E-state index in [4.69, 9.17) is 5.73 Å². The Kier molecular flexibility index (Phi) is 4.07. The van der Waals surface area contributed by atoms with Crippen LogP contribution in [0.2, 0.25) is 0 Å². The van der Waals surface area contributed by atoms with Crippen molar-refractivity contribution < 1.29 is 0 Å².